The molecule has 0 atom stereocenters. The lowest BCUT2D eigenvalue weighted by Gasteiger charge is -2.01. The third-order valence-electron chi connectivity index (χ3n) is 1.50. The molecule has 0 aliphatic carbocycles. The first kappa shape index (κ1) is 10.1. The van der Waals surface area contributed by atoms with E-state index in [4.69, 9.17) is 5.26 Å². The summed E-state index contributed by atoms with van der Waals surface area (Å²) >= 11 is 0. The van der Waals surface area contributed by atoms with Gasteiger partial charge in [0.1, 0.15) is 18.2 Å². The monoisotopic (exact) mass is 196 g/mol. The zero-order chi connectivity index (χ0) is 10.6. The van der Waals surface area contributed by atoms with Gasteiger partial charge in [0.15, 0.2) is 0 Å². The van der Waals surface area contributed by atoms with E-state index >= 15 is 0 Å². The van der Waals surface area contributed by atoms with Crippen LogP contribution in [0.15, 0.2) is 18.2 Å². The molecule has 72 valence electrons. The zero-order valence-corrected chi connectivity index (χ0v) is 7.05. The number of hydrogen-bond acceptors (Lipinski definition) is 2. The molecule has 14 heavy (non-hydrogen) atoms. The van der Waals surface area contributed by atoms with Gasteiger partial charge in [-0.3, -0.25) is 4.79 Å². The van der Waals surface area contributed by atoms with Crippen LogP contribution in [0.3, 0.4) is 0 Å². The Hall–Kier alpha value is -1.96. The standard InChI is InChI=1S/C9H6F2N2O/c10-6-1-2-7(8(11)5-6)9(14)13-4-3-12/h1-2,5H,4H2,(H,13,14). The first-order valence-corrected chi connectivity index (χ1v) is 3.75. The Kier molecular flexibility index (Phi) is 3.13. The van der Waals surface area contributed by atoms with E-state index in [1.54, 1.807) is 6.07 Å². The van der Waals surface area contributed by atoms with Crippen LogP contribution in [-0.2, 0) is 0 Å². The van der Waals surface area contributed by atoms with Gasteiger partial charge in [-0.1, -0.05) is 0 Å². The van der Waals surface area contributed by atoms with Gasteiger partial charge in [0.05, 0.1) is 11.6 Å². The predicted molar refractivity (Wildman–Crippen MR) is 44.3 cm³/mol. The average molecular weight is 196 g/mol. The molecular formula is C9H6F2N2O. The molecule has 0 fully saturated rings. The van der Waals surface area contributed by atoms with Crippen molar-refractivity contribution in [2.24, 2.45) is 0 Å². The Labute approximate surface area is 79.0 Å². The number of amides is 1. The van der Waals surface area contributed by atoms with Crippen molar-refractivity contribution in [2.45, 2.75) is 0 Å². The molecule has 1 aromatic carbocycles. The van der Waals surface area contributed by atoms with Crippen LogP contribution in [0.1, 0.15) is 10.4 Å². The van der Waals surface area contributed by atoms with Crippen LogP contribution in [0.25, 0.3) is 0 Å². The highest BCUT2D eigenvalue weighted by atomic mass is 19.1. The van der Waals surface area contributed by atoms with Crippen LogP contribution in [0, 0.1) is 23.0 Å². The lowest BCUT2D eigenvalue weighted by Crippen LogP contribution is -2.24. The molecule has 0 saturated carbocycles. The summed E-state index contributed by atoms with van der Waals surface area (Å²) in [4.78, 5) is 11.1. The van der Waals surface area contributed by atoms with Crippen LogP contribution in [0.2, 0.25) is 0 Å². The van der Waals surface area contributed by atoms with Gasteiger partial charge in [-0.25, -0.2) is 8.78 Å². The maximum atomic E-state index is 12.9. The lowest BCUT2D eigenvalue weighted by atomic mass is 10.2. The molecule has 0 spiro atoms. The Morgan fingerprint density at radius 3 is 2.79 bits per heavy atom. The molecule has 0 aromatic heterocycles. The Bertz CT molecular complexity index is 398. The predicted octanol–water partition coefficient (Wildman–Crippen LogP) is 1.22. The molecule has 0 bridgehead atoms. The van der Waals surface area contributed by atoms with Gasteiger partial charge in [0.25, 0.3) is 5.91 Å². The number of nitrogens with zero attached hydrogens (tertiary/aromatic N) is 1. The van der Waals surface area contributed by atoms with Crippen molar-refractivity contribution in [3.05, 3.63) is 35.4 Å². The first-order valence-electron chi connectivity index (χ1n) is 3.75. The van der Waals surface area contributed by atoms with E-state index in [0.29, 0.717) is 6.07 Å². The van der Waals surface area contributed by atoms with Gasteiger partial charge in [-0.05, 0) is 12.1 Å². The SMILES string of the molecule is N#CCNC(=O)c1ccc(F)cc1F. The zero-order valence-electron chi connectivity index (χ0n) is 7.05. The highest BCUT2D eigenvalue weighted by Gasteiger charge is 2.11. The minimum Gasteiger partial charge on any atom is -0.339 e. The molecule has 5 heteroatoms. The van der Waals surface area contributed by atoms with Crippen molar-refractivity contribution in [3.63, 3.8) is 0 Å². The molecule has 0 unspecified atom stereocenters. The van der Waals surface area contributed by atoms with E-state index in [0.717, 1.165) is 12.1 Å². The summed E-state index contributed by atoms with van der Waals surface area (Å²) in [5.41, 5.74) is -0.276. The van der Waals surface area contributed by atoms with Crippen molar-refractivity contribution in [3.8, 4) is 6.07 Å². The second-order valence-electron chi connectivity index (χ2n) is 2.46. The average Bonchev–Trinajstić information content (AvgIpc) is 2.14. The van der Waals surface area contributed by atoms with Gasteiger partial charge in [0, 0.05) is 6.07 Å². The number of halogens is 2. The minimum absolute atomic E-state index is 0.213. The van der Waals surface area contributed by atoms with Crippen LogP contribution >= 0.6 is 0 Å². The Morgan fingerprint density at radius 2 is 2.21 bits per heavy atom. The number of nitrogens with one attached hydrogen (secondary N) is 1. The van der Waals surface area contributed by atoms with Crippen LogP contribution < -0.4 is 5.32 Å². The smallest absolute Gasteiger partial charge is 0.255 e. The molecule has 1 rings (SSSR count). The van der Waals surface area contributed by atoms with Gasteiger partial charge in [-0.15, -0.1) is 0 Å². The van der Waals surface area contributed by atoms with E-state index in [1.807, 2.05) is 0 Å². The quantitative estimate of drug-likeness (QED) is 0.723. The summed E-state index contributed by atoms with van der Waals surface area (Å²) < 4.78 is 25.4. The molecule has 3 nitrogen and oxygen atoms in total. The van der Waals surface area contributed by atoms with Crippen molar-refractivity contribution in [1.82, 2.24) is 5.32 Å². The maximum Gasteiger partial charge on any atom is 0.255 e. The molecule has 1 N–H and O–H groups in total. The number of benzene rings is 1. The van der Waals surface area contributed by atoms with Gasteiger partial charge in [-0.2, -0.15) is 5.26 Å². The molecule has 0 saturated heterocycles. The molecule has 0 aliphatic rings. The largest absolute Gasteiger partial charge is 0.339 e. The summed E-state index contributed by atoms with van der Waals surface area (Å²) in [6, 6.07) is 4.28. The molecule has 0 aliphatic heterocycles. The van der Waals surface area contributed by atoms with Crippen molar-refractivity contribution < 1.29 is 13.6 Å². The maximum absolute atomic E-state index is 12.9. The molecular weight excluding hydrogens is 190 g/mol. The molecule has 1 aromatic rings. The highest BCUT2D eigenvalue weighted by molar-refractivity contribution is 5.94. The van der Waals surface area contributed by atoms with Crippen LogP contribution in [0.4, 0.5) is 8.78 Å². The molecule has 0 radical (unpaired) electrons. The number of carbonyl (C=O) groups excluding carboxylic acids is 1. The first-order chi connectivity index (χ1) is 6.65. The van der Waals surface area contributed by atoms with E-state index in [2.05, 4.69) is 5.32 Å². The van der Waals surface area contributed by atoms with Crippen LogP contribution in [0.5, 0.6) is 0 Å². The van der Waals surface area contributed by atoms with Gasteiger partial charge in [0.2, 0.25) is 0 Å². The summed E-state index contributed by atoms with van der Waals surface area (Å²) in [5, 5.41) is 10.3. The third kappa shape index (κ3) is 2.26. The van der Waals surface area contributed by atoms with Crippen molar-refractivity contribution in [1.29, 1.82) is 5.26 Å². The minimum atomic E-state index is -0.944. The highest BCUT2D eigenvalue weighted by Crippen LogP contribution is 2.08. The Balaban J connectivity index is 2.86. The molecule has 1 amide bonds. The third-order valence-corrected chi connectivity index (χ3v) is 1.50. The van der Waals surface area contributed by atoms with Gasteiger partial charge >= 0.3 is 0 Å². The lowest BCUT2D eigenvalue weighted by molar-refractivity contribution is 0.0954. The van der Waals surface area contributed by atoms with E-state index in [-0.39, 0.29) is 12.1 Å². The van der Waals surface area contributed by atoms with Gasteiger partial charge < -0.3 is 5.32 Å². The normalized spacial score (nSPS) is 9.21. The fraction of sp³-hybridized carbons (Fsp3) is 0.111. The number of rotatable bonds is 2. The van der Waals surface area contributed by atoms with Crippen molar-refractivity contribution in [2.75, 3.05) is 6.54 Å². The second kappa shape index (κ2) is 4.33. The summed E-state index contributed by atoms with van der Waals surface area (Å²) in [6.45, 7) is -0.213. The fourth-order valence-electron chi connectivity index (χ4n) is 0.889. The van der Waals surface area contributed by atoms with Crippen molar-refractivity contribution >= 4 is 5.91 Å². The van der Waals surface area contributed by atoms with Crippen LogP contribution in [-0.4, -0.2) is 12.5 Å². The summed E-state index contributed by atoms with van der Waals surface area (Å²) in [5.74, 6) is -2.43. The van der Waals surface area contributed by atoms with E-state index < -0.39 is 17.5 Å². The summed E-state index contributed by atoms with van der Waals surface area (Å²) in [7, 11) is 0. The molecule has 0 heterocycles. The fourth-order valence-corrected chi connectivity index (χ4v) is 0.889. The number of carbonyl (C=O) groups is 1. The summed E-state index contributed by atoms with van der Waals surface area (Å²) in [6.07, 6.45) is 0. The van der Waals surface area contributed by atoms with E-state index in [1.165, 1.54) is 0 Å². The topological polar surface area (TPSA) is 52.9 Å². The Morgan fingerprint density at radius 1 is 1.50 bits per heavy atom. The van der Waals surface area contributed by atoms with E-state index in [9.17, 15) is 13.6 Å². The second-order valence-corrected chi connectivity index (χ2v) is 2.46. The number of nitriles is 1. The number of hydrogen-bond donors (Lipinski definition) is 1.